The van der Waals surface area contributed by atoms with Gasteiger partial charge in [0.15, 0.2) is 0 Å². The summed E-state index contributed by atoms with van der Waals surface area (Å²) in [6.07, 6.45) is 0.0853. The van der Waals surface area contributed by atoms with Crippen molar-refractivity contribution in [2.45, 2.75) is 6.61 Å². The molecule has 0 aliphatic carbocycles. The van der Waals surface area contributed by atoms with Gasteiger partial charge in [-0.2, -0.15) is 0 Å². The Morgan fingerprint density at radius 1 is 1.14 bits per heavy atom. The number of hydrogen-bond acceptors (Lipinski definition) is 6. The van der Waals surface area contributed by atoms with Crippen LogP contribution in [0.25, 0.3) is 21.8 Å². The molecule has 0 saturated heterocycles. The summed E-state index contributed by atoms with van der Waals surface area (Å²) in [5.74, 6) is 1.20. The van der Waals surface area contributed by atoms with Crippen LogP contribution in [-0.2, 0) is 11.3 Å². The van der Waals surface area contributed by atoms with Gasteiger partial charge in [-0.15, -0.1) is 0 Å². The number of pyridine rings is 1. The maximum atomic E-state index is 11.1. The number of nitrogens with one attached hydrogen (secondary N) is 1. The number of methoxy groups -OCH3 is 1. The Labute approximate surface area is 159 Å². The second-order valence-corrected chi connectivity index (χ2v) is 6.11. The van der Waals surface area contributed by atoms with Gasteiger partial charge in [-0.3, -0.25) is 0 Å². The average molecular weight is 379 g/mol. The summed E-state index contributed by atoms with van der Waals surface area (Å²) in [7, 11) is 1.52. The van der Waals surface area contributed by atoms with Crippen molar-refractivity contribution >= 4 is 33.6 Å². The van der Waals surface area contributed by atoms with Crippen LogP contribution in [0.2, 0.25) is 0 Å². The smallest absolute Gasteiger partial charge is 0.457 e. The summed E-state index contributed by atoms with van der Waals surface area (Å²) in [5, 5.41) is 10.5. The van der Waals surface area contributed by atoms with Crippen molar-refractivity contribution in [1.82, 2.24) is 9.97 Å². The van der Waals surface area contributed by atoms with Crippen LogP contribution < -0.4 is 15.2 Å². The van der Waals surface area contributed by atoms with E-state index >= 15 is 0 Å². The highest BCUT2D eigenvalue weighted by Crippen LogP contribution is 2.39. The third kappa shape index (κ3) is 3.17. The normalized spacial score (nSPS) is 11.0. The van der Waals surface area contributed by atoms with Gasteiger partial charge in [-0.05, 0) is 36.4 Å². The van der Waals surface area contributed by atoms with Gasteiger partial charge < -0.3 is 30.0 Å². The van der Waals surface area contributed by atoms with E-state index in [4.69, 9.17) is 25.1 Å². The van der Waals surface area contributed by atoms with Crippen LogP contribution >= 0.6 is 0 Å². The molecule has 8 nitrogen and oxygen atoms in total. The first kappa shape index (κ1) is 17.6. The second kappa shape index (κ2) is 7.09. The van der Waals surface area contributed by atoms with E-state index in [1.807, 2.05) is 18.2 Å². The van der Waals surface area contributed by atoms with Gasteiger partial charge in [-0.1, -0.05) is 6.07 Å². The van der Waals surface area contributed by atoms with Gasteiger partial charge in [0.1, 0.15) is 11.5 Å². The van der Waals surface area contributed by atoms with Gasteiger partial charge in [0.2, 0.25) is 5.88 Å². The number of aromatic amines is 1. The quantitative estimate of drug-likeness (QED) is 0.349. The van der Waals surface area contributed by atoms with E-state index in [9.17, 15) is 4.79 Å². The van der Waals surface area contributed by atoms with Gasteiger partial charge in [0, 0.05) is 18.2 Å². The molecule has 8 heteroatoms. The highest BCUT2D eigenvalue weighted by molar-refractivity contribution is 6.12. The molecule has 2 heterocycles. The summed E-state index contributed by atoms with van der Waals surface area (Å²) in [4.78, 5) is 18.4. The lowest BCUT2D eigenvalue weighted by atomic mass is 10.1. The molecule has 142 valence electrons. The molecule has 0 unspecified atom stereocenters. The van der Waals surface area contributed by atoms with Crippen LogP contribution in [0.1, 0.15) is 5.56 Å². The Kier molecular flexibility index (Phi) is 4.46. The van der Waals surface area contributed by atoms with Gasteiger partial charge in [0.25, 0.3) is 0 Å². The lowest BCUT2D eigenvalue weighted by molar-refractivity contribution is 0.139. The molecule has 0 fully saturated rings. The van der Waals surface area contributed by atoms with Crippen molar-refractivity contribution in [3.63, 3.8) is 0 Å². The van der Waals surface area contributed by atoms with Gasteiger partial charge in [0.05, 0.1) is 34.8 Å². The molecule has 0 saturated carbocycles. The SMILES string of the molecule is COCc1c(OC(=O)O)ncc2[nH]c3cccc(Oc4ccc(N)cc4)c3c12. The fourth-order valence-electron chi connectivity index (χ4n) is 3.15. The molecular weight excluding hydrogens is 362 g/mol. The molecular formula is C20H17N3O5. The van der Waals surface area contributed by atoms with E-state index in [0.29, 0.717) is 28.3 Å². The van der Waals surface area contributed by atoms with Crippen molar-refractivity contribution in [3.8, 4) is 17.4 Å². The highest BCUT2D eigenvalue weighted by Gasteiger charge is 2.20. The molecule has 28 heavy (non-hydrogen) atoms. The fraction of sp³-hybridized carbons (Fsp3) is 0.100. The van der Waals surface area contributed by atoms with E-state index in [0.717, 1.165) is 16.3 Å². The minimum absolute atomic E-state index is 0.0231. The number of H-pyrrole nitrogens is 1. The zero-order chi connectivity index (χ0) is 19.7. The first-order valence-corrected chi connectivity index (χ1v) is 8.42. The predicted octanol–water partition coefficient (Wildman–Crippen LogP) is 4.29. The largest absolute Gasteiger partial charge is 0.512 e. The molecule has 4 N–H and O–H groups in total. The summed E-state index contributed by atoms with van der Waals surface area (Å²) >= 11 is 0. The number of benzene rings is 2. The molecule has 2 aromatic carbocycles. The van der Waals surface area contributed by atoms with E-state index in [1.165, 1.54) is 13.3 Å². The van der Waals surface area contributed by atoms with Crippen LogP contribution in [0.3, 0.4) is 0 Å². The van der Waals surface area contributed by atoms with Crippen LogP contribution in [0, 0.1) is 0 Å². The first-order chi connectivity index (χ1) is 13.6. The average Bonchev–Trinajstić information content (AvgIpc) is 3.05. The van der Waals surface area contributed by atoms with Crippen molar-refractivity contribution in [2.75, 3.05) is 12.8 Å². The van der Waals surface area contributed by atoms with Crippen LogP contribution in [-0.4, -0.2) is 28.3 Å². The molecule has 0 aliphatic heterocycles. The molecule has 4 aromatic rings. The Morgan fingerprint density at radius 3 is 2.64 bits per heavy atom. The number of ether oxygens (including phenoxy) is 3. The van der Waals surface area contributed by atoms with Crippen molar-refractivity contribution < 1.29 is 24.1 Å². The molecule has 2 aromatic heterocycles. The molecule has 0 aliphatic rings. The monoisotopic (exact) mass is 379 g/mol. The lowest BCUT2D eigenvalue weighted by Crippen LogP contribution is -2.07. The Hall–Kier alpha value is -3.78. The first-order valence-electron chi connectivity index (χ1n) is 8.42. The number of hydrogen-bond donors (Lipinski definition) is 3. The van der Waals surface area contributed by atoms with Gasteiger partial charge in [-0.25, -0.2) is 9.78 Å². The van der Waals surface area contributed by atoms with Crippen molar-refractivity contribution in [2.24, 2.45) is 0 Å². The lowest BCUT2D eigenvalue weighted by Gasteiger charge is -2.11. The third-order valence-corrected chi connectivity index (χ3v) is 4.27. The van der Waals surface area contributed by atoms with E-state index in [2.05, 4.69) is 9.97 Å². The van der Waals surface area contributed by atoms with Crippen molar-refractivity contribution in [1.29, 1.82) is 0 Å². The molecule has 0 atom stereocenters. The Morgan fingerprint density at radius 2 is 1.93 bits per heavy atom. The van der Waals surface area contributed by atoms with Crippen LogP contribution in [0.15, 0.2) is 48.7 Å². The molecule has 0 bridgehead atoms. The summed E-state index contributed by atoms with van der Waals surface area (Å²) in [6, 6.07) is 12.7. The number of nitrogens with zero attached hydrogens (tertiary/aromatic N) is 1. The van der Waals surface area contributed by atoms with Gasteiger partial charge >= 0.3 is 6.16 Å². The van der Waals surface area contributed by atoms with Crippen molar-refractivity contribution in [3.05, 3.63) is 54.2 Å². The van der Waals surface area contributed by atoms with E-state index < -0.39 is 6.16 Å². The second-order valence-electron chi connectivity index (χ2n) is 6.11. The van der Waals surface area contributed by atoms with Crippen LogP contribution in [0.5, 0.6) is 17.4 Å². The zero-order valence-corrected chi connectivity index (χ0v) is 14.9. The number of rotatable bonds is 5. The number of aromatic nitrogens is 2. The molecule has 0 radical (unpaired) electrons. The zero-order valence-electron chi connectivity index (χ0n) is 14.9. The highest BCUT2D eigenvalue weighted by atomic mass is 16.7. The topological polar surface area (TPSA) is 120 Å². The maximum absolute atomic E-state index is 11.1. The Bertz CT molecular complexity index is 1170. The summed E-state index contributed by atoms with van der Waals surface area (Å²) in [6.45, 7) is 0.121. The standard InChI is InChI=1S/C20H17N3O5/c1-26-10-13-17-15(9-22-19(13)28-20(24)25)23-14-3-2-4-16(18(14)17)27-12-7-5-11(21)6-8-12/h2-9,23H,10,21H2,1H3,(H,24,25). The minimum atomic E-state index is -1.44. The number of nitrogens with two attached hydrogens (primary N) is 1. The van der Waals surface area contributed by atoms with Crippen LogP contribution in [0.4, 0.5) is 10.5 Å². The maximum Gasteiger partial charge on any atom is 0.512 e. The fourth-order valence-corrected chi connectivity index (χ4v) is 3.15. The minimum Gasteiger partial charge on any atom is -0.457 e. The molecule has 0 amide bonds. The number of carboxylic acid groups (broad SMARTS) is 1. The van der Waals surface area contributed by atoms with E-state index in [-0.39, 0.29) is 12.5 Å². The number of carbonyl (C=O) groups is 1. The number of fused-ring (bicyclic) bond motifs is 3. The third-order valence-electron chi connectivity index (χ3n) is 4.27. The number of nitrogen functional groups attached to an aromatic ring is 1. The number of anilines is 1. The summed E-state index contributed by atoms with van der Waals surface area (Å²) in [5.41, 5.74) is 8.42. The molecule has 4 rings (SSSR count). The van der Waals surface area contributed by atoms with E-state index in [1.54, 1.807) is 24.3 Å². The predicted molar refractivity (Wildman–Crippen MR) is 104 cm³/mol. The Balaban J connectivity index is 1.94. The summed E-state index contributed by atoms with van der Waals surface area (Å²) < 4.78 is 16.2. The molecule has 0 spiro atoms.